The van der Waals surface area contributed by atoms with E-state index in [0.717, 1.165) is 16.0 Å². The molecule has 24 heavy (non-hydrogen) atoms. The third-order valence-corrected chi connectivity index (χ3v) is 4.53. The highest BCUT2D eigenvalue weighted by atomic mass is 16.4. The molecule has 2 heterocycles. The minimum absolute atomic E-state index is 0.0683. The summed E-state index contributed by atoms with van der Waals surface area (Å²) in [5.41, 5.74) is 2.27. The summed E-state index contributed by atoms with van der Waals surface area (Å²) < 4.78 is 0. The van der Waals surface area contributed by atoms with Crippen molar-refractivity contribution in [3.63, 3.8) is 0 Å². The Morgan fingerprint density at radius 1 is 1.04 bits per heavy atom. The first kappa shape index (κ1) is 14.4. The van der Waals surface area contributed by atoms with Crippen molar-refractivity contribution in [3.8, 4) is 0 Å². The van der Waals surface area contributed by atoms with Gasteiger partial charge in [-0.2, -0.15) is 0 Å². The number of hydrogen-bond donors (Lipinski definition) is 0. The number of imide groups is 1. The number of aromatic carboxylic acids is 1. The zero-order chi connectivity index (χ0) is 16.8. The van der Waals surface area contributed by atoms with Crippen LogP contribution in [-0.2, 0) is 17.8 Å². The van der Waals surface area contributed by atoms with Crippen molar-refractivity contribution >= 4 is 23.6 Å². The van der Waals surface area contributed by atoms with Gasteiger partial charge in [-0.05, 0) is 28.8 Å². The molecule has 6 nitrogen and oxygen atoms in total. The molecule has 2 aliphatic heterocycles. The smallest absolute Gasteiger partial charge is 0.332 e. The van der Waals surface area contributed by atoms with Crippen LogP contribution in [0.15, 0.2) is 48.5 Å². The summed E-state index contributed by atoms with van der Waals surface area (Å²) in [6.07, 6.45) is 0.470. The van der Waals surface area contributed by atoms with E-state index >= 15 is 0 Å². The number of carboxylic acids is 1. The van der Waals surface area contributed by atoms with E-state index in [9.17, 15) is 19.5 Å². The van der Waals surface area contributed by atoms with Crippen LogP contribution >= 0.6 is 0 Å². The number of carboxylic acid groups (broad SMARTS) is 1. The Hall–Kier alpha value is -3.15. The number of fused-ring (bicyclic) bond motifs is 2. The van der Waals surface area contributed by atoms with Crippen LogP contribution in [0, 0.1) is 0 Å². The van der Waals surface area contributed by atoms with Crippen molar-refractivity contribution in [1.29, 1.82) is 0 Å². The maximum atomic E-state index is 12.7. The van der Waals surface area contributed by atoms with Crippen LogP contribution in [0.1, 0.15) is 21.5 Å². The Morgan fingerprint density at radius 3 is 2.54 bits per heavy atom. The molecule has 2 aromatic rings. The van der Waals surface area contributed by atoms with Gasteiger partial charge in [0.2, 0.25) is 0 Å². The van der Waals surface area contributed by atoms with Gasteiger partial charge in [-0.15, -0.1) is 0 Å². The van der Waals surface area contributed by atoms with E-state index in [1.807, 2.05) is 24.3 Å². The zero-order valence-electron chi connectivity index (χ0n) is 12.6. The molecule has 1 saturated heterocycles. The molecule has 120 valence electrons. The Kier molecular flexibility index (Phi) is 3.13. The lowest BCUT2D eigenvalue weighted by Gasteiger charge is -2.28. The van der Waals surface area contributed by atoms with Gasteiger partial charge in [-0.3, -0.25) is 4.79 Å². The molecule has 0 N–H and O–H groups in total. The molecule has 0 aromatic heterocycles. The largest absolute Gasteiger partial charge is 0.545 e. The molecule has 0 saturated carbocycles. The minimum atomic E-state index is -1.35. The van der Waals surface area contributed by atoms with E-state index in [2.05, 4.69) is 0 Å². The number of carbonyl (C=O) groups is 3. The van der Waals surface area contributed by atoms with Crippen molar-refractivity contribution in [2.24, 2.45) is 0 Å². The lowest BCUT2D eigenvalue weighted by Crippen LogP contribution is -2.39. The number of benzene rings is 2. The van der Waals surface area contributed by atoms with E-state index < -0.39 is 18.0 Å². The number of anilines is 1. The maximum absolute atomic E-state index is 12.7. The number of nitrogens with zero attached hydrogens (tertiary/aromatic N) is 2. The topological polar surface area (TPSA) is 80.8 Å². The summed E-state index contributed by atoms with van der Waals surface area (Å²) in [7, 11) is 0. The number of amides is 3. The SMILES string of the molecule is O=C([O-])c1cccc(N2C(=O)[C@@H]3Cc4ccccc4CN3C2=O)c1. The second-order valence-corrected chi connectivity index (χ2v) is 5.91. The fourth-order valence-electron chi connectivity index (χ4n) is 3.33. The Morgan fingerprint density at radius 2 is 1.79 bits per heavy atom. The average molecular weight is 321 g/mol. The molecule has 0 bridgehead atoms. The normalized spacial score (nSPS) is 19.2. The highest BCUT2D eigenvalue weighted by Crippen LogP contribution is 2.33. The van der Waals surface area contributed by atoms with Crippen molar-refractivity contribution < 1.29 is 19.5 Å². The van der Waals surface area contributed by atoms with Crippen molar-refractivity contribution in [1.82, 2.24) is 4.90 Å². The molecule has 6 heteroatoms. The van der Waals surface area contributed by atoms with E-state index in [4.69, 9.17) is 0 Å². The molecule has 0 unspecified atom stereocenters. The van der Waals surface area contributed by atoms with Crippen LogP contribution in [0.3, 0.4) is 0 Å². The summed E-state index contributed by atoms with van der Waals surface area (Å²) in [6, 6.07) is 12.5. The molecule has 2 aromatic carbocycles. The van der Waals surface area contributed by atoms with Gasteiger partial charge in [0.15, 0.2) is 0 Å². The summed E-state index contributed by atoms with van der Waals surface area (Å²) >= 11 is 0. The summed E-state index contributed by atoms with van der Waals surface area (Å²) in [5, 5.41) is 11.0. The number of carbonyl (C=O) groups excluding carboxylic acids is 3. The molecular formula is C18H13N2O4-. The summed E-state index contributed by atoms with van der Waals surface area (Å²) in [5.74, 6) is -1.67. The van der Waals surface area contributed by atoms with Crippen LogP contribution in [0.4, 0.5) is 10.5 Å². The predicted molar refractivity (Wildman–Crippen MR) is 83.1 cm³/mol. The van der Waals surface area contributed by atoms with Gasteiger partial charge in [0.1, 0.15) is 6.04 Å². The molecule has 3 amide bonds. The Bertz CT molecular complexity index is 834. The number of urea groups is 1. The standard InChI is InChI=1S/C18H14N2O4/c21-16-15-9-11-4-1-2-5-13(11)10-19(15)18(24)20(16)14-7-3-6-12(8-14)17(22)23/h1-8,15H,9-10H2,(H,22,23)/p-1/t15-/m0/s1. The first-order chi connectivity index (χ1) is 11.6. The van der Waals surface area contributed by atoms with Crippen molar-refractivity contribution in [3.05, 3.63) is 65.2 Å². The lowest BCUT2D eigenvalue weighted by molar-refractivity contribution is -0.255. The summed E-state index contributed by atoms with van der Waals surface area (Å²) in [4.78, 5) is 39.1. The van der Waals surface area contributed by atoms with Gasteiger partial charge < -0.3 is 14.8 Å². The van der Waals surface area contributed by atoms with Crippen LogP contribution in [0.5, 0.6) is 0 Å². The van der Waals surface area contributed by atoms with Gasteiger partial charge >= 0.3 is 6.03 Å². The molecule has 1 atom stereocenters. The highest BCUT2D eigenvalue weighted by molar-refractivity contribution is 6.21. The second kappa shape index (κ2) is 5.19. The summed E-state index contributed by atoms with van der Waals surface area (Å²) in [6.45, 7) is 0.377. The molecule has 1 fully saturated rings. The van der Waals surface area contributed by atoms with E-state index in [1.165, 1.54) is 23.1 Å². The van der Waals surface area contributed by atoms with Crippen LogP contribution in [-0.4, -0.2) is 28.8 Å². The first-order valence-electron chi connectivity index (χ1n) is 7.59. The quantitative estimate of drug-likeness (QED) is 0.771. The Labute approximate surface area is 137 Å². The third kappa shape index (κ3) is 2.07. The number of rotatable bonds is 2. The Balaban J connectivity index is 1.71. The van der Waals surface area contributed by atoms with E-state index in [0.29, 0.717) is 13.0 Å². The number of hydrogen-bond acceptors (Lipinski definition) is 4. The van der Waals surface area contributed by atoms with E-state index in [-0.39, 0.29) is 17.2 Å². The maximum Gasteiger partial charge on any atom is 0.332 e. The molecule has 4 rings (SSSR count). The van der Waals surface area contributed by atoms with E-state index in [1.54, 1.807) is 6.07 Å². The predicted octanol–water partition coefficient (Wildman–Crippen LogP) is 0.944. The van der Waals surface area contributed by atoms with Crippen LogP contribution in [0.25, 0.3) is 0 Å². The van der Waals surface area contributed by atoms with Crippen LogP contribution < -0.4 is 10.0 Å². The van der Waals surface area contributed by atoms with Crippen molar-refractivity contribution in [2.75, 3.05) is 4.90 Å². The third-order valence-electron chi connectivity index (χ3n) is 4.53. The first-order valence-corrected chi connectivity index (χ1v) is 7.59. The molecule has 0 spiro atoms. The fourth-order valence-corrected chi connectivity index (χ4v) is 3.33. The van der Waals surface area contributed by atoms with Gasteiger partial charge in [0.05, 0.1) is 11.7 Å². The van der Waals surface area contributed by atoms with Gasteiger partial charge in [0.25, 0.3) is 5.91 Å². The average Bonchev–Trinajstić information content (AvgIpc) is 2.84. The monoisotopic (exact) mass is 321 g/mol. The second-order valence-electron chi connectivity index (χ2n) is 5.91. The minimum Gasteiger partial charge on any atom is -0.545 e. The molecule has 0 radical (unpaired) electrons. The molecule has 2 aliphatic rings. The highest BCUT2D eigenvalue weighted by Gasteiger charge is 2.47. The molecule has 0 aliphatic carbocycles. The van der Waals surface area contributed by atoms with Crippen molar-refractivity contribution in [2.45, 2.75) is 19.0 Å². The fraction of sp³-hybridized carbons (Fsp3) is 0.167. The molecular weight excluding hydrogens is 308 g/mol. The van der Waals surface area contributed by atoms with Gasteiger partial charge in [-0.25, -0.2) is 9.69 Å². The zero-order valence-corrected chi connectivity index (χ0v) is 12.6. The van der Waals surface area contributed by atoms with Crippen LogP contribution in [0.2, 0.25) is 0 Å². The lowest BCUT2D eigenvalue weighted by atomic mass is 9.95. The van der Waals surface area contributed by atoms with Gasteiger partial charge in [0, 0.05) is 13.0 Å². The van der Waals surface area contributed by atoms with Gasteiger partial charge in [-0.1, -0.05) is 36.4 Å².